The smallest absolute Gasteiger partial charge is 0.193 e. The standard InChI is InChI=1S/C19H31FN4O2.HI/c1-16(15-24-9-11-25-12-10-24)14-22-19(21-2)23(3)8-13-26-18-7-5-4-6-17(18)20;/h4-7,16H,8-15H2,1-3H3,(H,21,22);1H. The highest BCUT2D eigenvalue weighted by Gasteiger charge is 2.15. The van der Waals surface area contributed by atoms with Gasteiger partial charge in [-0.25, -0.2) is 4.39 Å². The molecule has 8 heteroatoms. The van der Waals surface area contributed by atoms with Crippen LogP contribution in [0, 0.1) is 11.7 Å². The highest BCUT2D eigenvalue weighted by atomic mass is 127. The summed E-state index contributed by atoms with van der Waals surface area (Å²) in [4.78, 5) is 8.74. The molecule has 0 saturated carbocycles. The van der Waals surface area contributed by atoms with Crippen LogP contribution in [0.2, 0.25) is 0 Å². The Morgan fingerprint density at radius 1 is 1.37 bits per heavy atom. The van der Waals surface area contributed by atoms with Crippen LogP contribution in [0.4, 0.5) is 4.39 Å². The number of likely N-dealkylation sites (N-methyl/N-ethyl adjacent to an activating group) is 1. The van der Waals surface area contributed by atoms with Crippen molar-refractivity contribution in [2.45, 2.75) is 6.92 Å². The largest absolute Gasteiger partial charge is 0.489 e. The molecule has 0 spiro atoms. The van der Waals surface area contributed by atoms with Crippen molar-refractivity contribution in [2.75, 3.05) is 66.6 Å². The Bertz CT molecular complexity index is 570. The summed E-state index contributed by atoms with van der Waals surface area (Å²) in [6.07, 6.45) is 0. The molecule has 27 heavy (non-hydrogen) atoms. The lowest BCUT2D eigenvalue weighted by atomic mass is 10.1. The van der Waals surface area contributed by atoms with E-state index in [-0.39, 0.29) is 35.5 Å². The number of guanidine groups is 1. The minimum atomic E-state index is -0.338. The molecule has 154 valence electrons. The zero-order valence-corrected chi connectivity index (χ0v) is 18.8. The molecule has 0 bridgehead atoms. The monoisotopic (exact) mass is 494 g/mol. The third kappa shape index (κ3) is 8.61. The molecule has 1 unspecified atom stereocenters. The average molecular weight is 494 g/mol. The van der Waals surface area contributed by atoms with Crippen LogP contribution < -0.4 is 10.1 Å². The number of nitrogens with one attached hydrogen (secondary N) is 1. The molecule has 1 aliphatic rings. The molecule has 0 aliphatic carbocycles. The van der Waals surface area contributed by atoms with Crippen LogP contribution in [0.15, 0.2) is 29.3 Å². The Balaban J connectivity index is 0.00000364. The lowest BCUT2D eigenvalue weighted by Gasteiger charge is -2.30. The number of rotatable bonds is 8. The number of benzene rings is 1. The zero-order chi connectivity index (χ0) is 18.8. The fourth-order valence-corrected chi connectivity index (χ4v) is 2.90. The first kappa shape index (κ1) is 23.9. The predicted molar refractivity (Wildman–Crippen MR) is 118 cm³/mol. The summed E-state index contributed by atoms with van der Waals surface area (Å²) in [7, 11) is 3.72. The van der Waals surface area contributed by atoms with E-state index < -0.39 is 0 Å². The average Bonchev–Trinajstić information content (AvgIpc) is 2.64. The number of hydrogen-bond acceptors (Lipinski definition) is 4. The summed E-state index contributed by atoms with van der Waals surface area (Å²) in [6, 6.07) is 6.45. The Hall–Kier alpha value is -1.13. The maximum Gasteiger partial charge on any atom is 0.193 e. The number of ether oxygens (including phenoxy) is 2. The first-order valence-corrected chi connectivity index (χ1v) is 9.19. The SMILES string of the molecule is CN=C(NCC(C)CN1CCOCC1)N(C)CCOc1ccccc1F.I. The third-order valence-corrected chi connectivity index (χ3v) is 4.38. The van der Waals surface area contributed by atoms with Gasteiger partial charge in [0.1, 0.15) is 6.61 Å². The molecule has 6 nitrogen and oxygen atoms in total. The number of halogens is 2. The van der Waals surface area contributed by atoms with Crippen LogP contribution in [0.1, 0.15) is 6.92 Å². The van der Waals surface area contributed by atoms with Crippen LogP contribution in [0.3, 0.4) is 0 Å². The molecule has 1 fully saturated rings. The predicted octanol–water partition coefficient (Wildman–Crippen LogP) is 2.30. The number of morpholine rings is 1. The Labute approximate surface area is 179 Å². The van der Waals surface area contributed by atoms with Gasteiger partial charge in [0.25, 0.3) is 0 Å². The first-order chi connectivity index (χ1) is 12.6. The Morgan fingerprint density at radius 3 is 2.74 bits per heavy atom. The third-order valence-electron chi connectivity index (χ3n) is 4.38. The van der Waals surface area contributed by atoms with Crippen molar-refractivity contribution in [3.63, 3.8) is 0 Å². The van der Waals surface area contributed by atoms with Gasteiger partial charge in [0.2, 0.25) is 0 Å². The lowest BCUT2D eigenvalue weighted by molar-refractivity contribution is 0.0320. The van der Waals surface area contributed by atoms with E-state index in [1.54, 1.807) is 25.2 Å². The van der Waals surface area contributed by atoms with E-state index in [4.69, 9.17) is 9.47 Å². The Morgan fingerprint density at radius 2 is 2.07 bits per heavy atom. The maximum atomic E-state index is 13.6. The Kier molecular flexibility index (Phi) is 11.6. The first-order valence-electron chi connectivity index (χ1n) is 9.19. The molecule has 1 saturated heterocycles. The highest BCUT2D eigenvalue weighted by Crippen LogP contribution is 2.15. The number of hydrogen-bond donors (Lipinski definition) is 1. The molecule has 2 rings (SSSR count). The molecule has 1 aromatic carbocycles. The van der Waals surface area contributed by atoms with Gasteiger partial charge >= 0.3 is 0 Å². The van der Waals surface area contributed by atoms with E-state index in [0.717, 1.165) is 45.4 Å². The molecule has 1 aromatic rings. The highest BCUT2D eigenvalue weighted by molar-refractivity contribution is 14.0. The van der Waals surface area contributed by atoms with Crippen LogP contribution >= 0.6 is 24.0 Å². The van der Waals surface area contributed by atoms with Gasteiger partial charge in [-0.15, -0.1) is 24.0 Å². The zero-order valence-electron chi connectivity index (χ0n) is 16.5. The summed E-state index contributed by atoms with van der Waals surface area (Å²) in [6.45, 7) is 8.80. The van der Waals surface area contributed by atoms with E-state index in [0.29, 0.717) is 19.1 Å². The summed E-state index contributed by atoms with van der Waals surface area (Å²) >= 11 is 0. The number of nitrogens with zero attached hydrogens (tertiary/aromatic N) is 3. The number of para-hydroxylation sites is 1. The second kappa shape index (κ2) is 13.1. The van der Waals surface area contributed by atoms with E-state index >= 15 is 0 Å². The fourth-order valence-electron chi connectivity index (χ4n) is 2.90. The second-order valence-electron chi connectivity index (χ2n) is 6.65. The van der Waals surface area contributed by atoms with Crippen LogP contribution in [0.5, 0.6) is 5.75 Å². The summed E-state index contributed by atoms with van der Waals surface area (Å²) in [5.74, 6) is 1.27. The van der Waals surface area contributed by atoms with Gasteiger partial charge in [0.05, 0.1) is 19.8 Å². The molecule has 0 aromatic heterocycles. The summed E-state index contributed by atoms with van der Waals surface area (Å²) in [5.41, 5.74) is 0. The number of aliphatic imine (C=N–C) groups is 1. The molecule has 1 N–H and O–H groups in total. The van der Waals surface area contributed by atoms with Crippen molar-refractivity contribution < 1.29 is 13.9 Å². The van der Waals surface area contributed by atoms with Crippen molar-refractivity contribution in [1.82, 2.24) is 15.1 Å². The van der Waals surface area contributed by atoms with E-state index in [1.165, 1.54) is 6.07 Å². The fraction of sp³-hybridized carbons (Fsp3) is 0.632. The van der Waals surface area contributed by atoms with E-state index in [1.807, 2.05) is 11.9 Å². The molecular formula is C19H32FIN4O2. The normalized spacial score (nSPS) is 16.4. The molecule has 0 radical (unpaired) electrons. The summed E-state index contributed by atoms with van der Waals surface area (Å²) < 4.78 is 24.5. The van der Waals surface area contributed by atoms with E-state index in [2.05, 4.69) is 22.1 Å². The van der Waals surface area contributed by atoms with Crippen LogP contribution in [-0.2, 0) is 4.74 Å². The van der Waals surface area contributed by atoms with Gasteiger partial charge in [0.15, 0.2) is 17.5 Å². The van der Waals surface area contributed by atoms with Crippen molar-refractivity contribution in [1.29, 1.82) is 0 Å². The van der Waals surface area contributed by atoms with Crippen LogP contribution in [-0.4, -0.2) is 82.4 Å². The van der Waals surface area contributed by atoms with Crippen molar-refractivity contribution in [3.05, 3.63) is 30.1 Å². The van der Waals surface area contributed by atoms with Gasteiger partial charge in [-0.2, -0.15) is 0 Å². The van der Waals surface area contributed by atoms with Crippen molar-refractivity contribution >= 4 is 29.9 Å². The molecule has 0 amide bonds. The van der Waals surface area contributed by atoms with Gasteiger partial charge < -0.3 is 19.7 Å². The van der Waals surface area contributed by atoms with Crippen LogP contribution in [0.25, 0.3) is 0 Å². The minimum Gasteiger partial charge on any atom is -0.489 e. The van der Waals surface area contributed by atoms with Crippen molar-refractivity contribution in [3.8, 4) is 5.75 Å². The topological polar surface area (TPSA) is 49.3 Å². The second-order valence-corrected chi connectivity index (χ2v) is 6.65. The van der Waals surface area contributed by atoms with Gasteiger partial charge in [-0.1, -0.05) is 19.1 Å². The minimum absolute atomic E-state index is 0. The van der Waals surface area contributed by atoms with Gasteiger partial charge in [-0.05, 0) is 18.1 Å². The lowest BCUT2D eigenvalue weighted by Crippen LogP contribution is -2.45. The van der Waals surface area contributed by atoms with E-state index in [9.17, 15) is 4.39 Å². The maximum absolute atomic E-state index is 13.6. The van der Waals surface area contributed by atoms with Crippen molar-refractivity contribution in [2.24, 2.45) is 10.9 Å². The molecule has 1 aliphatic heterocycles. The van der Waals surface area contributed by atoms with Gasteiger partial charge in [0, 0.05) is 40.3 Å². The molecular weight excluding hydrogens is 462 g/mol. The quantitative estimate of drug-likeness (QED) is 0.342. The van der Waals surface area contributed by atoms with Gasteiger partial charge in [-0.3, -0.25) is 9.89 Å². The molecule has 1 heterocycles. The summed E-state index contributed by atoms with van der Waals surface area (Å²) in [5, 5.41) is 3.41. The molecule has 1 atom stereocenters.